The maximum atomic E-state index is 13.4. The number of methoxy groups -OCH3 is 1. The lowest BCUT2D eigenvalue weighted by molar-refractivity contribution is 0.110. The van der Waals surface area contributed by atoms with Crippen LogP contribution in [0.2, 0.25) is 0 Å². The van der Waals surface area contributed by atoms with Crippen LogP contribution in [-0.2, 0) is 6.54 Å². The fraction of sp³-hybridized carbons (Fsp3) is 0.167. The quantitative estimate of drug-likeness (QED) is 0.408. The average molecular weight is 433 g/mol. The van der Waals surface area contributed by atoms with E-state index in [4.69, 9.17) is 4.74 Å². The van der Waals surface area contributed by atoms with E-state index in [0.29, 0.717) is 29.3 Å². The van der Waals surface area contributed by atoms with E-state index in [2.05, 4.69) is 15.3 Å². The van der Waals surface area contributed by atoms with Crippen molar-refractivity contribution in [3.8, 4) is 16.9 Å². The highest BCUT2D eigenvalue weighted by molar-refractivity contribution is 5.96. The van der Waals surface area contributed by atoms with E-state index >= 15 is 0 Å². The monoisotopic (exact) mass is 433 g/mol. The van der Waals surface area contributed by atoms with Crippen molar-refractivity contribution < 1.29 is 14.3 Å². The maximum absolute atomic E-state index is 13.4. The number of anilines is 2. The van der Waals surface area contributed by atoms with Crippen molar-refractivity contribution in [3.05, 3.63) is 78.4 Å². The molecule has 0 aliphatic carbocycles. The molecule has 0 saturated heterocycles. The van der Waals surface area contributed by atoms with Gasteiger partial charge in [0.25, 0.3) is 0 Å². The molecule has 7 nitrogen and oxygen atoms in total. The van der Waals surface area contributed by atoms with Crippen molar-refractivity contribution >= 4 is 22.4 Å². The molecule has 164 valence electrons. The second-order valence-corrected chi connectivity index (χ2v) is 7.46. The highest BCUT2D eigenvalue weighted by Crippen LogP contribution is 2.34. The minimum absolute atomic E-state index is 0.284. The Labute approximate surface area is 185 Å². The van der Waals surface area contributed by atoms with Crippen molar-refractivity contribution in [2.24, 2.45) is 0 Å². The number of ether oxygens (including phenoxy) is 1. The zero-order valence-electron chi connectivity index (χ0n) is 18.1. The van der Waals surface area contributed by atoms with Crippen LogP contribution >= 0.6 is 0 Å². The maximum Gasteiger partial charge on any atom is 0.145 e. The third-order valence-corrected chi connectivity index (χ3v) is 5.11. The fourth-order valence-electron chi connectivity index (χ4n) is 3.40. The normalized spacial score (nSPS) is 11.1. The van der Waals surface area contributed by atoms with Gasteiger partial charge in [0.05, 0.1) is 12.8 Å². The molecule has 0 aliphatic heterocycles. The molecule has 0 saturated carbocycles. The highest BCUT2D eigenvalue weighted by Gasteiger charge is 2.12. The number of aromatic nitrogens is 2. The first-order valence-corrected chi connectivity index (χ1v) is 10.0. The number of nitrogens with zero attached hydrogens (tertiary/aromatic N) is 4. The van der Waals surface area contributed by atoms with Gasteiger partial charge in [0.15, 0.2) is 0 Å². The summed E-state index contributed by atoms with van der Waals surface area (Å²) in [6, 6.07) is 17.7. The summed E-state index contributed by atoms with van der Waals surface area (Å²) >= 11 is 0. The topological polar surface area (TPSA) is 73.8 Å². The molecule has 0 fully saturated rings. The number of hydrogen-bond acceptors (Lipinski definition) is 7. The van der Waals surface area contributed by atoms with Crippen molar-refractivity contribution in [3.63, 3.8) is 0 Å². The summed E-state index contributed by atoms with van der Waals surface area (Å²) in [6.07, 6.45) is 1.49. The number of benzene rings is 3. The molecule has 2 N–H and O–H groups in total. The van der Waals surface area contributed by atoms with Crippen molar-refractivity contribution in [1.29, 1.82) is 0 Å². The van der Waals surface area contributed by atoms with E-state index in [1.165, 1.54) is 18.5 Å². The SMILES string of the molecule is COc1cc(-c2ccc(F)cc2)cc2c(NCc3ccc(N(O)N(C)C)cc3)ncnc12. The van der Waals surface area contributed by atoms with Gasteiger partial charge in [-0.15, -0.1) is 0 Å². The fourth-order valence-corrected chi connectivity index (χ4v) is 3.40. The van der Waals surface area contributed by atoms with Crippen LogP contribution in [0.15, 0.2) is 67.0 Å². The lowest BCUT2D eigenvalue weighted by Crippen LogP contribution is -2.33. The molecule has 0 radical (unpaired) electrons. The van der Waals surface area contributed by atoms with Gasteiger partial charge in [-0.3, -0.25) is 5.21 Å². The smallest absolute Gasteiger partial charge is 0.145 e. The number of rotatable bonds is 7. The lowest BCUT2D eigenvalue weighted by Gasteiger charge is -2.23. The van der Waals surface area contributed by atoms with Gasteiger partial charge in [-0.1, -0.05) is 24.3 Å². The Morgan fingerprint density at radius 3 is 2.34 bits per heavy atom. The Morgan fingerprint density at radius 2 is 1.69 bits per heavy atom. The molecule has 1 heterocycles. The Hall–Kier alpha value is -3.75. The molecular weight excluding hydrogens is 409 g/mol. The Morgan fingerprint density at radius 1 is 0.969 bits per heavy atom. The Kier molecular flexibility index (Phi) is 6.16. The molecule has 0 spiro atoms. The molecule has 0 atom stereocenters. The summed E-state index contributed by atoms with van der Waals surface area (Å²) in [5, 5.41) is 16.8. The van der Waals surface area contributed by atoms with Crippen LogP contribution < -0.4 is 15.2 Å². The average Bonchev–Trinajstić information content (AvgIpc) is 2.82. The number of hydrazine groups is 1. The zero-order valence-corrected chi connectivity index (χ0v) is 18.1. The molecule has 0 aliphatic rings. The summed E-state index contributed by atoms with van der Waals surface area (Å²) in [4.78, 5) is 8.81. The third kappa shape index (κ3) is 4.46. The van der Waals surface area contributed by atoms with Crippen LogP contribution in [0.4, 0.5) is 15.9 Å². The van der Waals surface area contributed by atoms with Gasteiger partial charge in [0.2, 0.25) is 0 Å². The number of halogens is 1. The van der Waals surface area contributed by atoms with Gasteiger partial charge in [-0.25, -0.2) is 19.4 Å². The minimum Gasteiger partial charge on any atom is -0.494 e. The van der Waals surface area contributed by atoms with E-state index in [1.54, 1.807) is 38.3 Å². The molecule has 8 heteroatoms. The summed E-state index contributed by atoms with van der Waals surface area (Å²) in [6.45, 7) is 0.531. The molecule has 3 aromatic carbocycles. The van der Waals surface area contributed by atoms with Crippen molar-refractivity contribution in [1.82, 2.24) is 15.0 Å². The van der Waals surface area contributed by atoms with Crippen molar-refractivity contribution in [2.75, 3.05) is 31.7 Å². The second-order valence-electron chi connectivity index (χ2n) is 7.46. The van der Waals surface area contributed by atoms with Crippen LogP contribution in [0.1, 0.15) is 5.56 Å². The summed E-state index contributed by atoms with van der Waals surface area (Å²) < 4.78 is 18.9. The Bertz CT molecular complexity index is 1210. The summed E-state index contributed by atoms with van der Waals surface area (Å²) in [5.41, 5.74) is 4.12. The standard InChI is InChI=1S/C24H24FN5O2/c1-29(2)30(31)20-10-4-16(5-11-20)14-26-24-21-12-18(17-6-8-19(25)9-7-17)13-22(32-3)23(21)27-15-28-24/h4-13,15,31H,14H2,1-3H3,(H,26,27,28). The number of hydrogen-bond donors (Lipinski definition) is 2. The first-order chi connectivity index (χ1) is 15.5. The van der Waals surface area contributed by atoms with Gasteiger partial charge >= 0.3 is 0 Å². The van der Waals surface area contributed by atoms with E-state index < -0.39 is 0 Å². The van der Waals surface area contributed by atoms with Crippen LogP contribution in [0.25, 0.3) is 22.0 Å². The van der Waals surface area contributed by atoms with Gasteiger partial charge in [-0.2, -0.15) is 5.17 Å². The molecule has 0 unspecified atom stereocenters. The summed E-state index contributed by atoms with van der Waals surface area (Å²) in [5.74, 6) is 0.995. The van der Waals surface area contributed by atoms with Crippen LogP contribution in [0, 0.1) is 5.82 Å². The van der Waals surface area contributed by atoms with E-state index in [0.717, 1.165) is 27.2 Å². The highest BCUT2D eigenvalue weighted by atomic mass is 19.1. The minimum atomic E-state index is -0.284. The predicted molar refractivity (Wildman–Crippen MR) is 123 cm³/mol. The molecular formula is C24H24FN5O2. The van der Waals surface area contributed by atoms with Crippen LogP contribution in [-0.4, -0.2) is 41.4 Å². The predicted octanol–water partition coefficient (Wildman–Crippen LogP) is 4.73. The third-order valence-electron chi connectivity index (χ3n) is 5.11. The molecule has 4 rings (SSSR count). The van der Waals surface area contributed by atoms with Gasteiger partial charge < -0.3 is 10.1 Å². The van der Waals surface area contributed by atoms with Gasteiger partial charge in [0.1, 0.15) is 29.2 Å². The molecule has 0 bridgehead atoms. The number of fused-ring (bicyclic) bond motifs is 1. The molecule has 32 heavy (non-hydrogen) atoms. The summed E-state index contributed by atoms with van der Waals surface area (Å²) in [7, 11) is 5.10. The first kappa shape index (κ1) is 21.5. The van der Waals surface area contributed by atoms with Gasteiger partial charge in [-0.05, 0) is 53.1 Å². The molecule has 4 aromatic rings. The van der Waals surface area contributed by atoms with Crippen molar-refractivity contribution in [2.45, 2.75) is 6.54 Å². The van der Waals surface area contributed by atoms with E-state index in [9.17, 15) is 9.60 Å². The first-order valence-electron chi connectivity index (χ1n) is 10.0. The van der Waals surface area contributed by atoms with Gasteiger partial charge in [0, 0.05) is 26.0 Å². The van der Waals surface area contributed by atoms with Crippen LogP contribution in [0.5, 0.6) is 5.75 Å². The van der Waals surface area contributed by atoms with Crippen LogP contribution in [0.3, 0.4) is 0 Å². The number of nitrogens with one attached hydrogen (secondary N) is 1. The van der Waals surface area contributed by atoms with E-state index in [-0.39, 0.29) is 5.82 Å². The molecule has 1 aromatic heterocycles. The molecule has 0 amide bonds. The van der Waals surface area contributed by atoms with E-state index in [1.807, 2.05) is 36.4 Å². The lowest BCUT2D eigenvalue weighted by atomic mass is 10.0. The Balaban J connectivity index is 1.64. The largest absolute Gasteiger partial charge is 0.494 e. The second kappa shape index (κ2) is 9.17. The zero-order chi connectivity index (χ0) is 22.7.